The van der Waals surface area contributed by atoms with Crippen LogP contribution < -0.4 is 5.19 Å². The fourth-order valence-corrected chi connectivity index (χ4v) is 3.76. The molecular formula is C9H9Cl2NSi. The molecule has 0 aliphatic carbocycles. The summed E-state index contributed by atoms with van der Waals surface area (Å²) in [6.45, 7) is -2.38. The summed E-state index contributed by atoms with van der Waals surface area (Å²) in [6, 6.07) is 12.2. The number of benzene rings is 1. The van der Waals surface area contributed by atoms with Gasteiger partial charge in [0.2, 0.25) is 0 Å². The topological polar surface area (TPSA) is 23.8 Å². The summed E-state index contributed by atoms with van der Waals surface area (Å²) in [4.78, 5) is 0. The van der Waals surface area contributed by atoms with Gasteiger partial charge in [0.15, 0.2) is 0 Å². The van der Waals surface area contributed by atoms with Crippen LogP contribution >= 0.6 is 22.2 Å². The highest BCUT2D eigenvalue weighted by atomic mass is 35.7. The monoisotopic (exact) mass is 229 g/mol. The van der Waals surface area contributed by atoms with Crippen molar-refractivity contribution in [2.75, 3.05) is 0 Å². The molecule has 1 aromatic carbocycles. The van der Waals surface area contributed by atoms with Crippen LogP contribution in [0, 0.1) is 11.3 Å². The van der Waals surface area contributed by atoms with E-state index < -0.39 is 6.69 Å². The average molecular weight is 230 g/mol. The standard InChI is InChI=1S/C9H9Cl2NSi/c10-13(11,8-4-7-12)9-5-2-1-3-6-9/h1-3,5-6H,4,8H2. The number of hydrogen-bond acceptors (Lipinski definition) is 1. The van der Waals surface area contributed by atoms with E-state index in [9.17, 15) is 0 Å². The van der Waals surface area contributed by atoms with Gasteiger partial charge in [0.1, 0.15) is 0 Å². The van der Waals surface area contributed by atoms with E-state index in [2.05, 4.69) is 6.07 Å². The molecule has 4 heteroatoms. The summed E-state index contributed by atoms with van der Waals surface area (Å²) in [6.07, 6.45) is 0.425. The van der Waals surface area contributed by atoms with Gasteiger partial charge in [-0.15, -0.1) is 22.2 Å². The van der Waals surface area contributed by atoms with E-state index >= 15 is 0 Å². The zero-order chi connectivity index (χ0) is 9.73. The Bertz CT molecular complexity index is 305. The molecule has 0 heterocycles. The van der Waals surface area contributed by atoms with Crippen molar-refractivity contribution in [1.29, 1.82) is 5.26 Å². The molecule has 0 N–H and O–H groups in total. The lowest BCUT2D eigenvalue weighted by atomic mass is 10.4. The number of hydrogen-bond donors (Lipinski definition) is 0. The molecule has 1 rings (SSSR count). The molecule has 0 spiro atoms. The molecule has 0 atom stereocenters. The van der Waals surface area contributed by atoms with Gasteiger partial charge in [0, 0.05) is 6.42 Å². The van der Waals surface area contributed by atoms with E-state index in [-0.39, 0.29) is 0 Å². The highest BCUT2D eigenvalue weighted by Gasteiger charge is 2.29. The molecule has 0 aliphatic rings. The molecule has 1 aromatic rings. The predicted octanol–water partition coefficient (Wildman–Crippen LogP) is 2.73. The molecule has 0 saturated heterocycles. The lowest BCUT2D eigenvalue weighted by Gasteiger charge is -2.14. The maximum atomic E-state index is 8.43. The van der Waals surface area contributed by atoms with Crippen molar-refractivity contribution in [3.8, 4) is 6.07 Å². The highest BCUT2D eigenvalue weighted by Crippen LogP contribution is 2.21. The minimum Gasteiger partial charge on any atom is -0.198 e. The van der Waals surface area contributed by atoms with Crippen LogP contribution in [-0.4, -0.2) is 6.69 Å². The lowest BCUT2D eigenvalue weighted by molar-refractivity contribution is 1.20. The normalized spacial score (nSPS) is 10.8. The molecule has 0 radical (unpaired) electrons. The van der Waals surface area contributed by atoms with Crippen molar-refractivity contribution in [2.24, 2.45) is 0 Å². The molecule has 1 nitrogen and oxygen atoms in total. The predicted molar refractivity (Wildman–Crippen MR) is 58.6 cm³/mol. The van der Waals surface area contributed by atoms with Crippen molar-refractivity contribution in [1.82, 2.24) is 0 Å². The first-order valence-electron chi connectivity index (χ1n) is 3.97. The van der Waals surface area contributed by atoms with E-state index in [1.165, 1.54) is 0 Å². The Labute approximate surface area is 88.3 Å². The first-order valence-corrected chi connectivity index (χ1v) is 8.20. The Morgan fingerprint density at radius 3 is 2.38 bits per heavy atom. The number of rotatable bonds is 3. The summed E-state index contributed by atoms with van der Waals surface area (Å²) in [5.74, 6) is 0. The van der Waals surface area contributed by atoms with E-state index in [1.54, 1.807) is 0 Å². The second-order valence-corrected chi connectivity index (χ2v) is 9.67. The van der Waals surface area contributed by atoms with Crippen LogP contribution in [0.2, 0.25) is 6.04 Å². The summed E-state index contributed by atoms with van der Waals surface area (Å²) < 4.78 is 0. The smallest absolute Gasteiger partial charge is 0.198 e. The minimum absolute atomic E-state index is 0.425. The Morgan fingerprint density at radius 2 is 1.85 bits per heavy atom. The molecule has 0 bridgehead atoms. The van der Waals surface area contributed by atoms with Crippen LogP contribution in [0.1, 0.15) is 6.42 Å². The third-order valence-electron chi connectivity index (χ3n) is 1.75. The molecule has 0 amide bonds. The fourth-order valence-electron chi connectivity index (χ4n) is 1.04. The van der Waals surface area contributed by atoms with Gasteiger partial charge in [-0.05, 0) is 11.2 Å². The van der Waals surface area contributed by atoms with Gasteiger partial charge in [0.05, 0.1) is 6.07 Å². The molecule has 0 unspecified atom stereocenters. The summed E-state index contributed by atoms with van der Waals surface area (Å²) >= 11 is 12.4. The molecular weight excluding hydrogens is 221 g/mol. The quantitative estimate of drug-likeness (QED) is 0.578. The maximum Gasteiger partial charge on any atom is 0.281 e. The number of nitriles is 1. The van der Waals surface area contributed by atoms with Gasteiger partial charge < -0.3 is 0 Å². The van der Waals surface area contributed by atoms with Gasteiger partial charge in [-0.3, -0.25) is 0 Å². The van der Waals surface area contributed by atoms with Crippen molar-refractivity contribution in [3.63, 3.8) is 0 Å². The largest absolute Gasteiger partial charge is 0.281 e. The van der Waals surface area contributed by atoms with Crippen LogP contribution in [-0.2, 0) is 0 Å². The van der Waals surface area contributed by atoms with Crippen LogP contribution in [0.15, 0.2) is 30.3 Å². The molecule has 0 saturated carbocycles. The van der Waals surface area contributed by atoms with Crippen molar-refractivity contribution >= 4 is 34.0 Å². The van der Waals surface area contributed by atoms with Gasteiger partial charge in [-0.2, -0.15) is 5.26 Å². The van der Waals surface area contributed by atoms with Gasteiger partial charge in [0.25, 0.3) is 6.69 Å². The van der Waals surface area contributed by atoms with Crippen molar-refractivity contribution in [3.05, 3.63) is 30.3 Å². The van der Waals surface area contributed by atoms with E-state index in [0.717, 1.165) is 5.19 Å². The average Bonchev–Trinajstić information content (AvgIpc) is 2.16. The fraction of sp³-hybridized carbons (Fsp3) is 0.222. The maximum absolute atomic E-state index is 8.43. The Kier molecular flexibility index (Phi) is 3.80. The van der Waals surface area contributed by atoms with Gasteiger partial charge >= 0.3 is 0 Å². The Morgan fingerprint density at radius 1 is 1.23 bits per heavy atom. The van der Waals surface area contributed by atoms with Gasteiger partial charge in [-0.25, -0.2) is 0 Å². The van der Waals surface area contributed by atoms with Gasteiger partial charge in [-0.1, -0.05) is 30.3 Å². The van der Waals surface area contributed by atoms with Crippen LogP contribution in [0.25, 0.3) is 0 Å². The minimum atomic E-state index is -2.38. The lowest BCUT2D eigenvalue weighted by Crippen LogP contribution is -2.35. The van der Waals surface area contributed by atoms with Crippen LogP contribution in [0.5, 0.6) is 0 Å². The molecule has 0 aliphatic heterocycles. The summed E-state index contributed by atoms with van der Waals surface area (Å²) in [7, 11) is 0. The third-order valence-corrected chi connectivity index (χ3v) is 6.25. The second-order valence-electron chi connectivity index (χ2n) is 2.73. The first-order chi connectivity index (χ1) is 6.17. The second kappa shape index (κ2) is 4.66. The molecule has 0 aromatic heterocycles. The summed E-state index contributed by atoms with van der Waals surface area (Å²) in [5.41, 5.74) is 0. The van der Waals surface area contributed by atoms with Crippen molar-refractivity contribution < 1.29 is 0 Å². The van der Waals surface area contributed by atoms with Crippen LogP contribution in [0.3, 0.4) is 0 Å². The Balaban J connectivity index is 2.76. The SMILES string of the molecule is N#CCC[Si](Cl)(Cl)c1ccccc1. The third kappa shape index (κ3) is 3.04. The zero-order valence-corrected chi connectivity index (χ0v) is 9.52. The Hall–Kier alpha value is -0.493. The van der Waals surface area contributed by atoms with E-state index in [0.29, 0.717) is 12.5 Å². The van der Waals surface area contributed by atoms with Crippen molar-refractivity contribution in [2.45, 2.75) is 12.5 Å². The van der Waals surface area contributed by atoms with E-state index in [1.807, 2.05) is 30.3 Å². The highest BCUT2D eigenvalue weighted by molar-refractivity contribution is 7.50. The molecule has 0 fully saturated rings. The number of nitrogens with zero attached hydrogens (tertiary/aromatic N) is 1. The first kappa shape index (κ1) is 10.6. The molecule has 13 heavy (non-hydrogen) atoms. The summed E-state index contributed by atoms with van der Waals surface area (Å²) in [5, 5.41) is 9.41. The van der Waals surface area contributed by atoms with Crippen LogP contribution in [0.4, 0.5) is 0 Å². The van der Waals surface area contributed by atoms with E-state index in [4.69, 9.17) is 27.4 Å². The molecule has 68 valence electrons. The zero-order valence-electron chi connectivity index (χ0n) is 7.00. The number of halogens is 2.